The second-order valence-electron chi connectivity index (χ2n) is 2.85. The molecule has 0 amide bonds. The molecule has 5 heteroatoms. The van der Waals surface area contributed by atoms with Crippen LogP contribution in [0.1, 0.15) is 19.3 Å². The maximum atomic E-state index is 11.8. The molecule has 0 spiro atoms. The molecular weight excluding hydrogens is 177 g/mol. The lowest BCUT2D eigenvalue weighted by atomic mass is 10.2. The van der Waals surface area contributed by atoms with Crippen LogP contribution in [0.15, 0.2) is 0 Å². The van der Waals surface area contributed by atoms with E-state index in [-0.39, 0.29) is 0 Å². The predicted molar refractivity (Wildman–Crippen MR) is 47.0 cm³/mol. The fourth-order valence-electron chi connectivity index (χ4n) is 1.43. The van der Waals surface area contributed by atoms with E-state index in [1.807, 2.05) is 0 Å². The van der Waals surface area contributed by atoms with Gasteiger partial charge in [0.05, 0.1) is 0 Å². The van der Waals surface area contributed by atoms with Crippen LogP contribution in [-0.4, -0.2) is 32.0 Å². The van der Waals surface area contributed by atoms with E-state index in [9.17, 15) is 4.57 Å². The van der Waals surface area contributed by atoms with Crippen molar-refractivity contribution in [3.8, 4) is 0 Å². The van der Waals surface area contributed by atoms with Crippen molar-refractivity contribution in [3.05, 3.63) is 0 Å². The number of hydrogen-bond donors (Lipinski definition) is 0. The van der Waals surface area contributed by atoms with Crippen LogP contribution >= 0.6 is 7.75 Å². The molecule has 0 radical (unpaired) electrons. The van der Waals surface area contributed by atoms with Gasteiger partial charge in [0.25, 0.3) is 0 Å². The summed E-state index contributed by atoms with van der Waals surface area (Å²) in [5, 5.41) is 0. The molecule has 1 aliphatic heterocycles. The molecule has 72 valence electrons. The molecule has 1 aliphatic rings. The summed E-state index contributed by atoms with van der Waals surface area (Å²) in [5.74, 6) is 0. The number of piperidine rings is 1. The molecule has 0 saturated carbocycles. The zero-order valence-electron chi connectivity index (χ0n) is 7.65. The summed E-state index contributed by atoms with van der Waals surface area (Å²) in [5.41, 5.74) is 0. The van der Waals surface area contributed by atoms with Gasteiger partial charge in [-0.05, 0) is 12.8 Å². The minimum absolute atomic E-state index is 0.818. The molecule has 0 N–H and O–H groups in total. The molecule has 0 unspecified atom stereocenters. The lowest BCUT2D eigenvalue weighted by molar-refractivity contribution is 0.194. The molecule has 0 atom stereocenters. The first kappa shape index (κ1) is 10.2. The normalized spacial score (nSPS) is 21.2. The van der Waals surface area contributed by atoms with Gasteiger partial charge in [-0.25, -0.2) is 9.24 Å². The van der Waals surface area contributed by atoms with Gasteiger partial charge in [-0.3, -0.25) is 9.05 Å². The van der Waals surface area contributed by atoms with Crippen molar-refractivity contribution in [2.45, 2.75) is 19.3 Å². The molecule has 0 aromatic heterocycles. The third-order valence-corrected chi connectivity index (χ3v) is 4.16. The Labute approximate surface area is 73.4 Å². The van der Waals surface area contributed by atoms with Crippen LogP contribution in [0.3, 0.4) is 0 Å². The number of hydrogen-bond acceptors (Lipinski definition) is 3. The quantitative estimate of drug-likeness (QED) is 0.641. The Morgan fingerprint density at radius 1 is 1.08 bits per heavy atom. The van der Waals surface area contributed by atoms with Crippen LogP contribution < -0.4 is 0 Å². The van der Waals surface area contributed by atoms with Crippen LogP contribution in [-0.2, 0) is 13.6 Å². The zero-order valence-corrected chi connectivity index (χ0v) is 8.55. The molecule has 0 aliphatic carbocycles. The fraction of sp³-hybridized carbons (Fsp3) is 1.00. The molecule has 1 heterocycles. The second kappa shape index (κ2) is 4.38. The lowest BCUT2D eigenvalue weighted by Crippen LogP contribution is -2.27. The van der Waals surface area contributed by atoms with Gasteiger partial charge in [0, 0.05) is 27.3 Å². The van der Waals surface area contributed by atoms with Crippen molar-refractivity contribution in [2.24, 2.45) is 0 Å². The Morgan fingerprint density at radius 2 is 1.58 bits per heavy atom. The minimum Gasteiger partial charge on any atom is -0.300 e. The third kappa shape index (κ3) is 2.07. The van der Waals surface area contributed by atoms with Gasteiger partial charge in [0.15, 0.2) is 0 Å². The molecular formula is C7H16NO3P. The minimum atomic E-state index is -2.92. The Kier molecular flexibility index (Phi) is 3.72. The van der Waals surface area contributed by atoms with Gasteiger partial charge < -0.3 is 0 Å². The SMILES string of the molecule is COP(=O)(OC)N1CCCCC1. The van der Waals surface area contributed by atoms with Crippen LogP contribution in [0.4, 0.5) is 0 Å². The van der Waals surface area contributed by atoms with E-state index in [1.165, 1.54) is 20.6 Å². The summed E-state index contributed by atoms with van der Waals surface area (Å²) in [6, 6.07) is 0. The van der Waals surface area contributed by atoms with Gasteiger partial charge in [-0.2, -0.15) is 0 Å². The van der Waals surface area contributed by atoms with E-state index < -0.39 is 7.75 Å². The van der Waals surface area contributed by atoms with E-state index >= 15 is 0 Å². The molecule has 1 rings (SSSR count). The molecule has 0 aromatic rings. The summed E-state index contributed by atoms with van der Waals surface area (Å²) in [7, 11) is -0.0643. The number of nitrogens with zero attached hydrogens (tertiary/aromatic N) is 1. The molecule has 0 bridgehead atoms. The largest absolute Gasteiger partial charge is 0.407 e. The average Bonchev–Trinajstić information content (AvgIpc) is 2.18. The van der Waals surface area contributed by atoms with E-state index in [1.54, 1.807) is 4.67 Å². The fourth-order valence-corrected chi connectivity index (χ4v) is 2.81. The zero-order chi connectivity index (χ0) is 9.03. The highest BCUT2D eigenvalue weighted by atomic mass is 31.2. The van der Waals surface area contributed by atoms with Crippen molar-refractivity contribution in [3.63, 3.8) is 0 Å². The van der Waals surface area contributed by atoms with Crippen LogP contribution in [0.5, 0.6) is 0 Å². The standard InChI is InChI=1S/C7H16NO3P/c1-10-12(9,11-2)8-6-4-3-5-7-8/h3-7H2,1-2H3. The Hall–Kier alpha value is 0.110. The maximum absolute atomic E-state index is 11.8. The summed E-state index contributed by atoms with van der Waals surface area (Å²) in [6.45, 7) is 1.64. The predicted octanol–water partition coefficient (Wildman–Crippen LogP) is 1.87. The van der Waals surface area contributed by atoms with E-state index in [2.05, 4.69) is 0 Å². The second-order valence-corrected chi connectivity index (χ2v) is 5.08. The van der Waals surface area contributed by atoms with Gasteiger partial charge in [0.1, 0.15) is 0 Å². The molecule has 12 heavy (non-hydrogen) atoms. The lowest BCUT2D eigenvalue weighted by Gasteiger charge is -2.30. The van der Waals surface area contributed by atoms with Gasteiger partial charge in [-0.1, -0.05) is 6.42 Å². The first-order chi connectivity index (χ1) is 5.73. The molecule has 1 saturated heterocycles. The van der Waals surface area contributed by atoms with Gasteiger partial charge in [0.2, 0.25) is 0 Å². The summed E-state index contributed by atoms with van der Waals surface area (Å²) >= 11 is 0. The van der Waals surface area contributed by atoms with Crippen molar-refractivity contribution < 1.29 is 13.6 Å². The Balaban J connectivity index is 2.58. The van der Waals surface area contributed by atoms with Gasteiger partial charge >= 0.3 is 7.75 Å². The summed E-state index contributed by atoms with van der Waals surface area (Å²) in [4.78, 5) is 0. The summed E-state index contributed by atoms with van der Waals surface area (Å²) in [6.07, 6.45) is 3.37. The molecule has 4 nitrogen and oxygen atoms in total. The van der Waals surface area contributed by atoms with Crippen LogP contribution in [0.2, 0.25) is 0 Å². The highest BCUT2D eigenvalue weighted by Crippen LogP contribution is 2.51. The highest BCUT2D eigenvalue weighted by Gasteiger charge is 2.31. The third-order valence-electron chi connectivity index (χ3n) is 2.14. The smallest absolute Gasteiger partial charge is 0.300 e. The number of rotatable bonds is 3. The van der Waals surface area contributed by atoms with Gasteiger partial charge in [-0.15, -0.1) is 0 Å². The van der Waals surface area contributed by atoms with Crippen molar-refractivity contribution >= 4 is 7.75 Å². The van der Waals surface area contributed by atoms with Crippen molar-refractivity contribution in [2.75, 3.05) is 27.3 Å². The first-order valence-electron chi connectivity index (χ1n) is 4.20. The van der Waals surface area contributed by atoms with E-state index in [0.717, 1.165) is 25.9 Å². The molecule has 0 aromatic carbocycles. The monoisotopic (exact) mass is 193 g/mol. The van der Waals surface area contributed by atoms with Crippen LogP contribution in [0, 0.1) is 0 Å². The highest BCUT2D eigenvalue weighted by molar-refractivity contribution is 7.51. The molecule has 1 fully saturated rings. The van der Waals surface area contributed by atoms with E-state index in [0.29, 0.717) is 0 Å². The van der Waals surface area contributed by atoms with Crippen LogP contribution in [0.25, 0.3) is 0 Å². The Morgan fingerprint density at radius 3 is 2.00 bits per heavy atom. The Bertz CT molecular complexity index is 171. The van der Waals surface area contributed by atoms with Crippen molar-refractivity contribution in [1.82, 2.24) is 4.67 Å². The first-order valence-corrected chi connectivity index (χ1v) is 5.69. The average molecular weight is 193 g/mol. The maximum Gasteiger partial charge on any atom is 0.407 e. The van der Waals surface area contributed by atoms with Crippen molar-refractivity contribution in [1.29, 1.82) is 0 Å². The summed E-state index contributed by atoms with van der Waals surface area (Å²) < 4.78 is 23.4. The van der Waals surface area contributed by atoms with E-state index in [4.69, 9.17) is 9.05 Å². The topological polar surface area (TPSA) is 38.8 Å².